The highest BCUT2D eigenvalue weighted by molar-refractivity contribution is 8.76. The number of nitrogens with one attached hydrogen (secondary N) is 1. The Morgan fingerprint density at radius 2 is 1.24 bits per heavy atom. The van der Waals surface area contributed by atoms with Crippen LogP contribution < -0.4 is 17.0 Å². The molecule has 0 unspecified atom stereocenters. The van der Waals surface area contributed by atoms with E-state index in [0.29, 0.717) is 0 Å². The van der Waals surface area contributed by atoms with E-state index in [4.69, 9.17) is 11.5 Å². The molecule has 1 aromatic heterocycles. The molecule has 0 saturated carbocycles. The van der Waals surface area contributed by atoms with Gasteiger partial charge in [-0.1, -0.05) is 39.8 Å². The molecule has 0 fully saturated rings. The van der Waals surface area contributed by atoms with Gasteiger partial charge in [-0.15, -0.1) is 0 Å². The van der Waals surface area contributed by atoms with Crippen molar-refractivity contribution in [2.45, 2.75) is 16.7 Å². The van der Waals surface area contributed by atoms with Gasteiger partial charge in [0.2, 0.25) is 0 Å². The first-order valence-corrected chi connectivity index (χ1v) is 11.1. The lowest BCUT2D eigenvalue weighted by Crippen LogP contribution is -2.12. The van der Waals surface area contributed by atoms with Crippen molar-refractivity contribution in [3.63, 3.8) is 0 Å². The van der Waals surface area contributed by atoms with E-state index >= 15 is 0 Å². The highest BCUT2D eigenvalue weighted by Gasteiger charge is 2.00. The first-order valence-electron chi connectivity index (χ1n) is 8.91. The van der Waals surface area contributed by atoms with Crippen molar-refractivity contribution < 1.29 is 0 Å². The fraction of sp³-hybridized carbons (Fsp3) is 0.0455. The number of hydrogen-bond donors (Lipinski definition) is 3. The van der Waals surface area contributed by atoms with E-state index in [-0.39, 0.29) is 5.56 Å². The summed E-state index contributed by atoms with van der Waals surface area (Å²) in [6, 6.07) is 26.8. The van der Waals surface area contributed by atoms with Crippen LogP contribution in [0.1, 0.15) is 5.69 Å². The van der Waals surface area contributed by atoms with Gasteiger partial charge < -0.3 is 11.5 Å². The van der Waals surface area contributed by atoms with Gasteiger partial charge >= 0.3 is 0 Å². The summed E-state index contributed by atoms with van der Waals surface area (Å²) in [5.74, 6) is 0. The Kier molecular flexibility index (Phi) is 7.10. The lowest BCUT2D eigenvalue weighted by molar-refractivity contribution is 0.835. The molecule has 0 aliphatic rings. The van der Waals surface area contributed by atoms with Crippen molar-refractivity contribution in [3.05, 3.63) is 101 Å². The molecule has 0 saturated heterocycles. The van der Waals surface area contributed by atoms with Crippen molar-refractivity contribution in [1.29, 1.82) is 0 Å². The van der Waals surface area contributed by atoms with Crippen molar-refractivity contribution in [1.82, 2.24) is 9.78 Å². The van der Waals surface area contributed by atoms with Crippen molar-refractivity contribution >= 4 is 33.0 Å². The zero-order chi connectivity index (χ0) is 20.6. The SMILES string of the molecule is Cc1cc(=O)n(-c2ccccc2)[nH]1.Nc1ccc(SSc2ccc(N)cc2)cc1. The molecule has 5 N–H and O–H groups in total. The summed E-state index contributed by atoms with van der Waals surface area (Å²) >= 11 is 0. The highest BCUT2D eigenvalue weighted by Crippen LogP contribution is 2.37. The number of H-pyrrole nitrogens is 1. The Bertz CT molecular complexity index is 1040. The molecule has 3 aromatic carbocycles. The Labute approximate surface area is 177 Å². The van der Waals surface area contributed by atoms with Gasteiger partial charge in [-0.2, -0.15) is 0 Å². The lowest BCUT2D eigenvalue weighted by Gasteiger charge is -2.02. The number of benzene rings is 3. The van der Waals surface area contributed by atoms with E-state index in [2.05, 4.69) is 5.10 Å². The molecule has 0 spiro atoms. The number of anilines is 2. The zero-order valence-corrected chi connectivity index (χ0v) is 17.5. The number of aryl methyl sites for hydroxylation is 1. The average Bonchev–Trinajstić information content (AvgIpc) is 3.08. The predicted molar refractivity (Wildman–Crippen MR) is 125 cm³/mol. The summed E-state index contributed by atoms with van der Waals surface area (Å²) < 4.78 is 1.52. The van der Waals surface area contributed by atoms with Crippen LogP contribution in [0, 0.1) is 6.92 Å². The molecule has 5 nitrogen and oxygen atoms in total. The molecule has 1 heterocycles. The number of hydrogen-bond acceptors (Lipinski definition) is 5. The third-order valence-corrected chi connectivity index (χ3v) is 6.27. The number of rotatable bonds is 4. The van der Waals surface area contributed by atoms with Crippen molar-refractivity contribution in [2.75, 3.05) is 11.5 Å². The number of nitrogens with zero attached hydrogens (tertiary/aromatic N) is 1. The monoisotopic (exact) mass is 422 g/mol. The summed E-state index contributed by atoms with van der Waals surface area (Å²) in [6.45, 7) is 1.86. The second-order valence-corrected chi connectivity index (χ2v) is 8.53. The van der Waals surface area contributed by atoms with Gasteiger partial charge in [0, 0.05) is 32.9 Å². The van der Waals surface area contributed by atoms with Crippen molar-refractivity contribution in [2.24, 2.45) is 0 Å². The van der Waals surface area contributed by atoms with Crippen LogP contribution >= 0.6 is 21.6 Å². The topological polar surface area (TPSA) is 89.8 Å². The Hall–Kier alpha value is -3.03. The van der Waals surface area contributed by atoms with Crippen LogP contribution in [0.4, 0.5) is 11.4 Å². The van der Waals surface area contributed by atoms with E-state index < -0.39 is 0 Å². The summed E-state index contributed by atoms with van der Waals surface area (Å²) in [5.41, 5.74) is 14.5. The van der Waals surface area contributed by atoms with E-state index in [0.717, 1.165) is 22.8 Å². The number of aromatic nitrogens is 2. The zero-order valence-electron chi connectivity index (χ0n) is 15.9. The standard InChI is InChI=1S/C12H12N2S2.C10H10N2O/c13-9-1-5-11(6-2-9)15-16-12-7-3-10(14)4-8-12;1-8-7-10(13)12(11-8)9-5-3-2-4-6-9/h1-8H,13-14H2;2-7,11H,1H3. The maximum Gasteiger partial charge on any atom is 0.271 e. The van der Waals surface area contributed by atoms with Crippen LogP contribution in [0.5, 0.6) is 0 Å². The first kappa shape index (κ1) is 20.7. The molecule has 0 aliphatic carbocycles. The molecular weight excluding hydrogens is 400 g/mol. The fourth-order valence-electron chi connectivity index (χ4n) is 2.43. The Morgan fingerprint density at radius 3 is 1.66 bits per heavy atom. The minimum atomic E-state index is -0.0244. The summed E-state index contributed by atoms with van der Waals surface area (Å²) in [5, 5.41) is 2.96. The molecular formula is C22H22N4OS2. The van der Waals surface area contributed by atoms with Crippen LogP contribution in [0.25, 0.3) is 5.69 Å². The Morgan fingerprint density at radius 1 is 0.759 bits per heavy atom. The van der Waals surface area contributed by atoms with Gasteiger partial charge in [0.05, 0.1) is 5.69 Å². The minimum Gasteiger partial charge on any atom is -0.399 e. The predicted octanol–water partition coefficient (Wildman–Crippen LogP) is 5.12. The van der Waals surface area contributed by atoms with Gasteiger partial charge in [0.1, 0.15) is 0 Å². The quantitative estimate of drug-likeness (QED) is 0.313. The molecule has 0 radical (unpaired) electrons. The second-order valence-electron chi connectivity index (χ2n) is 6.25. The van der Waals surface area contributed by atoms with Gasteiger partial charge in [-0.05, 0) is 67.6 Å². The number of para-hydroxylation sites is 1. The third kappa shape index (κ3) is 6.23. The molecule has 4 rings (SSSR count). The molecule has 0 amide bonds. The minimum absolute atomic E-state index is 0.0244. The Balaban J connectivity index is 0.000000169. The van der Waals surface area contributed by atoms with Crippen LogP contribution in [-0.4, -0.2) is 9.78 Å². The van der Waals surface area contributed by atoms with Gasteiger partial charge in [0.25, 0.3) is 5.56 Å². The van der Waals surface area contributed by atoms with Crippen LogP contribution in [0.3, 0.4) is 0 Å². The van der Waals surface area contributed by atoms with Gasteiger partial charge in [0.15, 0.2) is 0 Å². The smallest absolute Gasteiger partial charge is 0.271 e. The third-order valence-electron chi connectivity index (χ3n) is 3.86. The van der Waals surface area contributed by atoms with E-state index in [1.54, 1.807) is 27.7 Å². The van der Waals surface area contributed by atoms with Crippen LogP contribution in [0.2, 0.25) is 0 Å². The van der Waals surface area contributed by atoms with E-state index in [1.165, 1.54) is 14.5 Å². The van der Waals surface area contributed by atoms with Crippen molar-refractivity contribution in [3.8, 4) is 5.69 Å². The molecule has 0 aliphatic heterocycles. The van der Waals surface area contributed by atoms with Gasteiger partial charge in [-0.3, -0.25) is 9.89 Å². The van der Waals surface area contributed by atoms with E-state index in [1.807, 2.05) is 85.8 Å². The molecule has 148 valence electrons. The first-order chi connectivity index (χ1) is 14.0. The molecule has 7 heteroatoms. The van der Waals surface area contributed by atoms with Gasteiger partial charge in [-0.25, -0.2) is 4.68 Å². The molecule has 0 atom stereocenters. The number of nitrogen functional groups attached to an aromatic ring is 2. The normalized spacial score (nSPS) is 10.2. The summed E-state index contributed by atoms with van der Waals surface area (Å²) in [4.78, 5) is 13.8. The highest BCUT2D eigenvalue weighted by atomic mass is 33.1. The van der Waals surface area contributed by atoms with Crippen LogP contribution in [0.15, 0.2) is 99.5 Å². The fourth-order valence-corrected chi connectivity index (χ4v) is 4.36. The number of nitrogens with two attached hydrogens (primary N) is 2. The van der Waals surface area contributed by atoms with Crippen LogP contribution in [-0.2, 0) is 0 Å². The summed E-state index contributed by atoms with van der Waals surface area (Å²) in [7, 11) is 3.42. The number of aromatic amines is 1. The molecule has 4 aromatic rings. The largest absolute Gasteiger partial charge is 0.399 e. The second kappa shape index (κ2) is 9.95. The summed E-state index contributed by atoms with van der Waals surface area (Å²) in [6.07, 6.45) is 0. The average molecular weight is 423 g/mol. The maximum absolute atomic E-state index is 11.4. The maximum atomic E-state index is 11.4. The lowest BCUT2D eigenvalue weighted by atomic mass is 10.3. The van der Waals surface area contributed by atoms with E-state index in [9.17, 15) is 4.79 Å². The molecule has 29 heavy (non-hydrogen) atoms. The molecule has 0 bridgehead atoms.